The zero-order chi connectivity index (χ0) is 22.8. The Balaban J connectivity index is 2.37. The second kappa shape index (κ2) is 8.45. The topological polar surface area (TPSA) is 94.2 Å². The predicted octanol–water partition coefficient (Wildman–Crippen LogP) is 3.73. The van der Waals surface area contributed by atoms with Gasteiger partial charge in [0.05, 0.1) is 25.3 Å². The molecule has 1 aliphatic rings. The molecular weight excluding hydrogens is 390 g/mol. The van der Waals surface area contributed by atoms with Gasteiger partial charge in [-0.2, -0.15) is 10.5 Å². The van der Waals surface area contributed by atoms with Crippen LogP contribution in [-0.2, 0) is 14.3 Å². The van der Waals surface area contributed by atoms with Crippen molar-refractivity contribution >= 4 is 11.9 Å². The Bertz CT molecular complexity index is 1080. The van der Waals surface area contributed by atoms with Crippen molar-refractivity contribution in [3.05, 3.63) is 83.4 Å². The van der Waals surface area contributed by atoms with Gasteiger partial charge < -0.3 is 9.64 Å². The van der Waals surface area contributed by atoms with E-state index in [4.69, 9.17) is 4.74 Å². The number of amides is 1. The summed E-state index contributed by atoms with van der Waals surface area (Å²) in [7, 11) is 1.23. The number of ether oxygens (including phenoxy) is 1. The number of esters is 1. The third kappa shape index (κ3) is 3.47. The van der Waals surface area contributed by atoms with Gasteiger partial charge in [0.25, 0.3) is 0 Å². The standard InChI is InChI=1S/C25H23N3O3/c1-5-20(29)28-22(24(30)31-4)21(18-10-6-16(2)7-11-18)25(14-26,15-27)23(28)19-12-8-17(3)9-13-19/h5-13,21-23H,1H2,2-4H3/t21-,22+,23-/m0/s1. The molecule has 0 radical (unpaired) electrons. The van der Waals surface area contributed by atoms with E-state index in [1.54, 1.807) is 24.3 Å². The summed E-state index contributed by atoms with van der Waals surface area (Å²) in [5, 5.41) is 20.7. The van der Waals surface area contributed by atoms with Gasteiger partial charge in [0.2, 0.25) is 5.91 Å². The van der Waals surface area contributed by atoms with Gasteiger partial charge >= 0.3 is 5.97 Å². The highest BCUT2D eigenvalue weighted by atomic mass is 16.5. The molecule has 6 heteroatoms. The second-order valence-corrected chi connectivity index (χ2v) is 7.71. The maximum atomic E-state index is 13.0. The summed E-state index contributed by atoms with van der Waals surface area (Å²) in [4.78, 5) is 27.3. The first-order valence-corrected chi connectivity index (χ1v) is 9.82. The van der Waals surface area contributed by atoms with Crippen LogP contribution < -0.4 is 0 Å². The lowest BCUT2D eigenvalue weighted by molar-refractivity contribution is -0.151. The Morgan fingerprint density at radius 2 is 1.48 bits per heavy atom. The fourth-order valence-corrected chi connectivity index (χ4v) is 4.38. The number of hydrogen-bond donors (Lipinski definition) is 0. The number of hydrogen-bond acceptors (Lipinski definition) is 5. The minimum absolute atomic E-state index is 0.550. The number of benzene rings is 2. The van der Waals surface area contributed by atoms with Crippen LogP contribution in [0.5, 0.6) is 0 Å². The molecule has 1 saturated heterocycles. The number of carbonyl (C=O) groups is 2. The van der Waals surface area contributed by atoms with Gasteiger partial charge in [0, 0.05) is 5.92 Å². The lowest BCUT2D eigenvalue weighted by Gasteiger charge is -2.30. The normalized spacial score (nSPS) is 21.6. The molecule has 6 nitrogen and oxygen atoms in total. The van der Waals surface area contributed by atoms with Gasteiger partial charge in [-0.25, -0.2) is 4.79 Å². The molecule has 0 aliphatic carbocycles. The van der Waals surface area contributed by atoms with E-state index < -0.39 is 35.3 Å². The second-order valence-electron chi connectivity index (χ2n) is 7.71. The van der Waals surface area contributed by atoms with Crippen molar-refractivity contribution in [3.8, 4) is 12.1 Å². The molecule has 0 unspecified atom stereocenters. The number of nitrogens with zero attached hydrogens (tertiary/aromatic N) is 3. The number of likely N-dealkylation sites (tertiary alicyclic amines) is 1. The van der Waals surface area contributed by atoms with Crippen molar-refractivity contribution in [2.45, 2.75) is 31.8 Å². The van der Waals surface area contributed by atoms with Crippen LogP contribution in [0.2, 0.25) is 0 Å². The first kappa shape index (κ1) is 21.8. The Labute approximate surface area is 182 Å². The molecule has 0 aromatic heterocycles. The first-order valence-electron chi connectivity index (χ1n) is 9.82. The third-order valence-corrected chi connectivity index (χ3v) is 5.89. The molecule has 3 atom stereocenters. The zero-order valence-electron chi connectivity index (χ0n) is 17.7. The van der Waals surface area contributed by atoms with Gasteiger partial charge in [-0.1, -0.05) is 66.2 Å². The Morgan fingerprint density at radius 3 is 1.90 bits per heavy atom. The average Bonchev–Trinajstić information content (AvgIpc) is 3.10. The van der Waals surface area contributed by atoms with Crippen molar-refractivity contribution in [1.82, 2.24) is 4.90 Å². The molecule has 2 aromatic carbocycles. The van der Waals surface area contributed by atoms with Crippen LogP contribution in [0.15, 0.2) is 61.2 Å². The van der Waals surface area contributed by atoms with Crippen LogP contribution in [-0.4, -0.2) is 29.9 Å². The minimum atomic E-state index is -1.72. The Morgan fingerprint density at radius 1 is 1.00 bits per heavy atom. The van der Waals surface area contributed by atoms with Crippen LogP contribution in [0, 0.1) is 41.9 Å². The smallest absolute Gasteiger partial charge is 0.329 e. The van der Waals surface area contributed by atoms with Gasteiger partial charge in [-0.15, -0.1) is 0 Å². The Hall–Kier alpha value is -3.90. The van der Waals surface area contributed by atoms with E-state index in [0.717, 1.165) is 17.2 Å². The van der Waals surface area contributed by atoms with E-state index in [2.05, 4.69) is 18.7 Å². The number of carbonyl (C=O) groups excluding carboxylic acids is 2. The zero-order valence-corrected chi connectivity index (χ0v) is 17.7. The van der Waals surface area contributed by atoms with Gasteiger partial charge in [-0.05, 0) is 31.1 Å². The highest BCUT2D eigenvalue weighted by Gasteiger charge is 2.65. The van der Waals surface area contributed by atoms with Crippen LogP contribution in [0.25, 0.3) is 0 Å². The van der Waals surface area contributed by atoms with Crippen LogP contribution in [0.1, 0.15) is 34.2 Å². The summed E-state index contributed by atoms with van der Waals surface area (Å²) in [5.41, 5.74) is 1.46. The van der Waals surface area contributed by atoms with E-state index in [1.807, 2.05) is 38.1 Å². The molecule has 0 N–H and O–H groups in total. The fourth-order valence-electron chi connectivity index (χ4n) is 4.38. The molecule has 0 spiro atoms. The SMILES string of the molecule is C=CC(=O)N1[C@@H](c2ccc(C)cc2)C(C#N)(C#N)[C@@H](c2ccc(C)cc2)[C@@H]1C(=O)OC. The van der Waals surface area contributed by atoms with Crippen LogP contribution in [0.3, 0.4) is 0 Å². The van der Waals surface area contributed by atoms with Crippen LogP contribution in [0.4, 0.5) is 0 Å². The summed E-state index contributed by atoms with van der Waals surface area (Å²) in [6.45, 7) is 7.40. The number of rotatable bonds is 4. The lowest BCUT2D eigenvalue weighted by atomic mass is 9.68. The lowest BCUT2D eigenvalue weighted by Crippen LogP contribution is -2.43. The Kier molecular flexibility index (Phi) is 5.95. The van der Waals surface area contributed by atoms with Gasteiger partial charge in [0.15, 0.2) is 5.41 Å². The average molecular weight is 413 g/mol. The molecule has 1 aliphatic heterocycles. The number of methoxy groups -OCH3 is 1. The molecule has 31 heavy (non-hydrogen) atoms. The summed E-state index contributed by atoms with van der Waals surface area (Å²) in [6, 6.07) is 16.7. The van der Waals surface area contributed by atoms with E-state index in [0.29, 0.717) is 11.1 Å². The monoisotopic (exact) mass is 413 g/mol. The molecule has 1 fully saturated rings. The highest BCUT2D eigenvalue weighted by Crippen LogP contribution is 2.58. The van der Waals surface area contributed by atoms with Crippen molar-refractivity contribution in [3.63, 3.8) is 0 Å². The molecule has 3 rings (SSSR count). The quantitative estimate of drug-likeness (QED) is 0.562. The summed E-state index contributed by atoms with van der Waals surface area (Å²) >= 11 is 0. The van der Waals surface area contributed by atoms with Crippen molar-refractivity contribution in [2.75, 3.05) is 7.11 Å². The number of nitriles is 2. The fraction of sp³-hybridized carbons (Fsp3) is 0.280. The molecule has 2 aromatic rings. The van der Waals surface area contributed by atoms with Crippen molar-refractivity contribution in [2.24, 2.45) is 5.41 Å². The molecule has 156 valence electrons. The first-order chi connectivity index (χ1) is 14.8. The summed E-state index contributed by atoms with van der Waals surface area (Å²) in [6.07, 6.45) is 1.09. The molecule has 1 amide bonds. The van der Waals surface area contributed by atoms with E-state index in [9.17, 15) is 20.1 Å². The molecule has 0 bridgehead atoms. The van der Waals surface area contributed by atoms with Gasteiger partial charge in [-0.3, -0.25) is 4.79 Å². The summed E-state index contributed by atoms with van der Waals surface area (Å²) in [5.74, 6) is -2.15. The maximum absolute atomic E-state index is 13.0. The van der Waals surface area contributed by atoms with Crippen LogP contribution >= 0.6 is 0 Å². The minimum Gasteiger partial charge on any atom is -0.467 e. The molecule has 0 saturated carbocycles. The number of aryl methyl sites for hydroxylation is 2. The third-order valence-electron chi connectivity index (χ3n) is 5.89. The highest BCUT2D eigenvalue weighted by molar-refractivity contribution is 5.93. The molecular formula is C25H23N3O3. The predicted molar refractivity (Wildman–Crippen MR) is 114 cm³/mol. The maximum Gasteiger partial charge on any atom is 0.329 e. The van der Waals surface area contributed by atoms with E-state index in [-0.39, 0.29) is 0 Å². The van der Waals surface area contributed by atoms with Crippen molar-refractivity contribution in [1.29, 1.82) is 10.5 Å². The molecule has 1 heterocycles. The summed E-state index contributed by atoms with van der Waals surface area (Å²) < 4.78 is 5.03. The largest absolute Gasteiger partial charge is 0.467 e. The van der Waals surface area contributed by atoms with E-state index >= 15 is 0 Å². The van der Waals surface area contributed by atoms with Crippen molar-refractivity contribution < 1.29 is 14.3 Å². The van der Waals surface area contributed by atoms with Gasteiger partial charge in [0.1, 0.15) is 6.04 Å². The van der Waals surface area contributed by atoms with E-state index in [1.165, 1.54) is 12.0 Å².